The molecule has 1 amide bonds. The fraction of sp³-hybridized carbons (Fsp3) is 0.364. The van der Waals surface area contributed by atoms with Gasteiger partial charge in [-0.25, -0.2) is 0 Å². The standard InChI is InChI=1S/C11H13ClN2O2/c1-16-9-3-2-7(6-8(9)12)14-10(15)11(13)4-5-11/h2-3,6H,4-5,13H2,1H3,(H,14,15). The van der Waals surface area contributed by atoms with Crippen LogP contribution in [0.1, 0.15) is 12.8 Å². The number of rotatable bonds is 3. The van der Waals surface area contributed by atoms with Crippen LogP contribution in [-0.2, 0) is 4.79 Å². The highest BCUT2D eigenvalue weighted by molar-refractivity contribution is 6.32. The van der Waals surface area contributed by atoms with Crippen LogP contribution in [0.4, 0.5) is 5.69 Å². The molecule has 0 bridgehead atoms. The van der Waals surface area contributed by atoms with Crippen LogP contribution in [0.2, 0.25) is 5.02 Å². The number of methoxy groups -OCH3 is 1. The molecule has 0 heterocycles. The van der Waals surface area contributed by atoms with E-state index in [4.69, 9.17) is 22.1 Å². The summed E-state index contributed by atoms with van der Waals surface area (Å²) < 4.78 is 5.02. The zero-order valence-corrected chi connectivity index (χ0v) is 9.67. The maximum Gasteiger partial charge on any atom is 0.244 e. The van der Waals surface area contributed by atoms with E-state index in [1.54, 1.807) is 25.3 Å². The Balaban J connectivity index is 2.10. The molecule has 1 aromatic rings. The van der Waals surface area contributed by atoms with E-state index in [2.05, 4.69) is 5.32 Å². The van der Waals surface area contributed by atoms with E-state index < -0.39 is 5.54 Å². The summed E-state index contributed by atoms with van der Waals surface area (Å²) in [5.74, 6) is 0.419. The number of ether oxygens (including phenoxy) is 1. The number of nitrogens with two attached hydrogens (primary N) is 1. The smallest absolute Gasteiger partial charge is 0.244 e. The minimum atomic E-state index is -0.674. The maximum absolute atomic E-state index is 11.7. The summed E-state index contributed by atoms with van der Waals surface area (Å²) in [6.07, 6.45) is 1.48. The molecule has 5 heteroatoms. The molecule has 1 saturated carbocycles. The van der Waals surface area contributed by atoms with Crippen molar-refractivity contribution in [3.63, 3.8) is 0 Å². The number of nitrogens with one attached hydrogen (secondary N) is 1. The number of anilines is 1. The summed E-state index contributed by atoms with van der Waals surface area (Å²) in [5, 5.41) is 3.19. The van der Waals surface area contributed by atoms with Gasteiger partial charge in [0, 0.05) is 5.69 Å². The molecule has 1 fully saturated rings. The van der Waals surface area contributed by atoms with Crippen molar-refractivity contribution in [1.82, 2.24) is 0 Å². The Morgan fingerprint density at radius 1 is 1.56 bits per heavy atom. The molecule has 0 aliphatic heterocycles. The number of amides is 1. The Labute approximate surface area is 98.7 Å². The predicted octanol–water partition coefficient (Wildman–Crippen LogP) is 1.78. The van der Waals surface area contributed by atoms with E-state index >= 15 is 0 Å². The van der Waals surface area contributed by atoms with Crippen LogP contribution in [0, 0.1) is 0 Å². The van der Waals surface area contributed by atoms with Crippen molar-refractivity contribution in [1.29, 1.82) is 0 Å². The molecule has 1 aliphatic carbocycles. The largest absolute Gasteiger partial charge is 0.495 e. The number of carbonyl (C=O) groups excluding carboxylic acids is 1. The lowest BCUT2D eigenvalue weighted by molar-refractivity contribution is -0.118. The minimum absolute atomic E-state index is 0.159. The van der Waals surface area contributed by atoms with Crippen molar-refractivity contribution in [2.45, 2.75) is 18.4 Å². The highest BCUT2D eigenvalue weighted by atomic mass is 35.5. The molecule has 0 aromatic heterocycles. The Morgan fingerprint density at radius 2 is 2.25 bits per heavy atom. The first-order valence-corrected chi connectivity index (χ1v) is 5.37. The quantitative estimate of drug-likeness (QED) is 0.847. The van der Waals surface area contributed by atoms with Gasteiger partial charge in [0.05, 0.1) is 17.7 Å². The van der Waals surface area contributed by atoms with E-state index in [1.165, 1.54) is 0 Å². The van der Waals surface area contributed by atoms with E-state index in [-0.39, 0.29) is 5.91 Å². The lowest BCUT2D eigenvalue weighted by atomic mass is 10.2. The first-order chi connectivity index (χ1) is 7.55. The Bertz CT molecular complexity index is 430. The van der Waals surface area contributed by atoms with Gasteiger partial charge in [-0.1, -0.05) is 11.6 Å². The lowest BCUT2D eigenvalue weighted by Crippen LogP contribution is -2.37. The van der Waals surface area contributed by atoms with Crippen LogP contribution < -0.4 is 15.8 Å². The first-order valence-electron chi connectivity index (χ1n) is 4.99. The number of halogens is 1. The zero-order valence-electron chi connectivity index (χ0n) is 8.92. The van der Waals surface area contributed by atoms with E-state index in [1.807, 2.05) is 0 Å². The number of hydrogen-bond donors (Lipinski definition) is 2. The van der Waals surface area contributed by atoms with Crippen molar-refractivity contribution in [3.05, 3.63) is 23.2 Å². The molecular weight excluding hydrogens is 228 g/mol. The summed E-state index contributed by atoms with van der Waals surface area (Å²) in [6, 6.07) is 5.08. The zero-order chi connectivity index (χ0) is 11.8. The molecule has 2 rings (SSSR count). The van der Waals surface area contributed by atoms with Gasteiger partial charge >= 0.3 is 0 Å². The van der Waals surface area contributed by atoms with Gasteiger partial charge in [-0.3, -0.25) is 4.79 Å². The highest BCUT2D eigenvalue weighted by Crippen LogP contribution is 2.34. The van der Waals surface area contributed by atoms with Gasteiger partial charge in [0.2, 0.25) is 5.91 Å². The van der Waals surface area contributed by atoms with Crippen LogP contribution in [0.15, 0.2) is 18.2 Å². The third-order valence-electron chi connectivity index (χ3n) is 2.65. The second-order valence-electron chi connectivity index (χ2n) is 3.96. The van der Waals surface area contributed by atoms with Crippen molar-refractivity contribution in [2.75, 3.05) is 12.4 Å². The lowest BCUT2D eigenvalue weighted by Gasteiger charge is -2.11. The summed E-state index contributed by atoms with van der Waals surface area (Å²) in [6.45, 7) is 0. The van der Waals surface area contributed by atoms with Crippen molar-refractivity contribution in [3.8, 4) is 5.75 Å². The van der Waals surface area contributed by atoms with Crippen molar-refractivity contribution in [2.24, 2.45) is 5.73 Å². The number of hydrogen-bond acceptors (Lipinski definition) is 3. The Kier molecular flexibility index (Phi) is 2.78. The molecule has 4 nitrogen and oxygen atoms in total. The predicted molar refractivity (Wildman–Crippen MR) is 62.8 cm³/mol. The van der Waals surface area contributed by atoms with Gasteiger partial charge in [0.25, 0.3) is 0 Å². The normalized spacial score (nSPS) is 16.7. The third kappa shape index (κ3) is 2.13. The fourth-order valence-electron chi connectivity index (χ4n) is 1.36. The summed E-state index contributed by atoms with van der Waals surface area (Å²) in [5.41, 5.74) is 5.72. The Hall–Kier alpha value is -1.26. The average Bonchev–Trinajstić information content (AvgIpc) is 2.98. The van der Waals surface area contributed by atoms with E-state index in [0.29, 0.717) is 16.5 Å². The third-order valence-corrected chi connectivity index (χ3v) is 2.95. The van der Waals surface area contributed by atoms with Crippen LogP contribution in [0.5, 0.6) is 5.75 Å². The van der Waals surface area contributed by atoms with Gasteiger partial charge in [-0.15, -0.1) is 0 Å². The van der Waals surface area contributed by atoms with Crippen LogP contribution in [0.3, 0.4) is 0 Å². The number of carbonyl (C=O) groups is 1. The molecule has 0 spiro atoms. The molecular formula is C11H13ClN2O2. The number of benzene rings is 1. The van der Waals surface area contributed by atoms with Crippen molar-refractivity contribution >= 4 is 23.2 Å². The van der Waals surface area contributed by atoms with Crippen LogP contribution in [0.25, 0.3) is 0 Å². The van der Waals surface area contributed by atoms with Gasteiger partial charge in [-0.2, -0.15) is 0 Å². The molecule has 3 N–H and O–H groups in total. The van der Waals surface area contributed by atoms with Gasteiger partial charge in [-0.05, 0) is 31.0 Å². The fourth-order valence-corrected chi connectivity index (χ4v) is 1.62. The topological polar surface area (TPSA) is 64.3 Å². The molecule has 0 radical (unpaired) electrons. The van der Waals surface area contributed by atoms with Gasteiger partial charge < -0.3 is 15.8 Å². The van der Waals surface area contributed by atoms with Crippen LogP contribution in [-0.4, -0.2) is 18.6 Å². The van der Waals surface area contributed by atoms with E-state index in [9.17, 15) is 4.79 Å². The SMILES string of the molecule is COc1ccc(NC(=O)C2(N)CC2)cc1Cl. The molecule has 0 unspecified atom stereocenters. The first kappa shape index (κ1) is 11.2. The van der Waals surface area contributed by atoms with Crippen molar-refractivity contribution < 1.29 is 9.53 Å². The molecule has 1 aromatic carbocycles. The Morgan fingerprint density at radius 3 is 2.75 bits per heavy atom. The molecule has 86 valence electrons. The minimum Gasteiger partial charge on any atom is -0.495 e. The van der Waals surface area contributed by atoms with Crippen LogP contribution >= 0.6 is 11.6 Å². The van der Waals surface area contributed by atoms with E-state index in [0.717, 1.165) is 12.8 Å². The summed E-state index contributed by atoms with van der Waals surface area (Å²) in [7, 11) is 1.54. The molecule has 16 heavy (non-hydrogen) atoms. The summed E-state index contributed by atoms with van der Waals surface area (Å²) >= 11 is 5.94. The highest BCUT2D eigenvalue weighted by Gasteiger charge is 2.45. The molecule has 0 saturated heterocycles. The molecule has 1 aliphatic rings. The monoisotopic (exact) mass is 240 g/mol. The second kappa shape index (κ2) is 3.96. The van der Waals surface area contributed by atoms with Gasteiger partial charge in [0.15, 0.2) is 0 Å². The summed E-state index contributed by atoms with van der Waals surface area (Å²) in [4.78, 5) is 11.7. The average molecular weight is 241 g/mol. The maximum atomic E-state index is 11.7. The molecule has 0 atom stereocenters. The second-order valence-corrected chi connectivity index (χ2v) is 4.37. The van der Waals surface area contributed by atoms with Gasteiger partial charge in [0.1, 0.15) is 5.75 Å².